The van der Waals surface area contributed by atoms with Crippen LogP contribution in [0.3, 0.4) is 0 Å². The highest BCUT2D eigenvalue weighted by molar-refractivity contribution is 7.89. The molecule has 0 aromatic heterocycles. The van der Waals surface area contributed by atoms with Gasteiger partial charge in [-0.2, -0.15) is 0 Å². The summed E-state index contributed by atoms with van der Waals surface area (Å²) < 4.78 is 66.6. The van der Waals surface area contributed by atoms with E-state index in [0.29, 0.717) is 11.3 Å². The maximum Gasteiger partial charge on any atom is 0.573 e. The van der Waals surface area contributed by atoms with Crippen molar-refractivity contribution in [2.24, 2.45) is 0 Å². The zero-order valence-corrected chi connectivity index (χ0v) is 16.4. The molecule has 0 aliphatic rings. The fraction of sp³-hybridized carbons (Fsp3) is 0.222. The summed E-state index contributed by atoms with van der Waals surface area (Å²) in [7, 11) is -3.98. The van der Waals surface area contributed by atoms with Crippen LogP contribution in [0.2, 0.25) is 0 Å². The van der Waals surface area contributed by atoms with Crippen molar-refractivity contribution in [3.63, 3.8) is 0 Å². The Morgan fingerprint density at radius 1 is 0.967 bits per heavy atom. The Balaban J connectivity index is 1.84. The van der Waals surface area contributed by atoms with Crippen LogP contribution in [0.25, 0.3) is 0 Å². The molecule has 0 bridgehead atoms. The fourth-order valence-corrected chi connectivity index (χ4v) is 3.31. The maximum atomic E-state index is 12.1. The molecule has 2 aromatic carbocycles. The summed E-state index contributed by atoms with van der Waals surface area (Å²) in [6, 6.07) is 9.79. The molecule has 2 aromatic rings. The summed E-state index contributed by atoms with van der Waals surface area (Å²) in [6.45, 7) is 1.19. The Labute approximate surface area is 170 Å². The standard InChI is InChI=1S/C18H18F3N3O5S/c1-12(25)24-14-4-2-13(3-5-14)17(26)22-10-11-23-30(27,28)16-8-6-15(7-9-16)29-18(19,20)21/h2-9,23H,10-11H2,1H3,(H,22,26)(H,24,25). The molecule has 162 valence electrons. The van der Waals surface area contributed by atoms with Crippen LogP contribution in [0.1, 0.15) is 17.3 Å². The third-order valence-electron chi connectivity index (χ3n) is 3.54. The van der Waals surface area contributed by atoms with Gasteiger partial charge in [-0.15, -0.1) is 13.2 Å². The first kappa shape index (κ1) is 23.2. The molecule has 30 heavy (non-hydrogen) atoms. The van der Waals surface area contributed by atoms with E-state index in [1.165, 1.54) is 19.1 Å². The molecule has 2 rings (SSSR count). The highest BCUT2D eigenvalue weighted by atomic mass is 32.2. The second-order valence-electron chi connectivity index (χ2n) is 5.93. The number of amides is 2. The lowest BCUT2D eigenvalue weighted by Crippen LogP contribution is -2.34. The van der Waals surface area contributed by atoms with Crippen molar-refractivity contribution in [1.29, 1.82) is 0 Å². The maximum absolute atomic E-state index is 12.1. The smallest absolute Gasteiger partial charge is 0.406 e. The lowest BCUT2D eigenvalue weighted by Gasteiger charge is -2.11. The van der Waals surface area contributed by atoms with Gasteiger partial charge in [0.05, 0.1) is 4.90 Å². The minimum Gasteiger partial charge on any atom is -0.406 e. The molecule has 0 fully saturated rings. The predicted octanol–water partition coefficient (Wildman–Crippen LogP) is 2.25. The van der Waals surface area contributed by atoms with Gasteiger partial charge in [0.25, 0.3) is 5.91 Å². The Kier molecular flexibility index (Phi) is 7.40. The number of anilines is 1. The number of benzene rings is 2. The molecule has 12 heteroatoms. The minimum atomic E-state index is -4.87. The number of nitrogens with one attached hydrogen (secondary N) is 3. The molecule has 0 aliphatic carbocycles. The van der Waals surface area contributed by atoms with Crippen LogP contribution in [-0.4, -0.2) is 39.7 Å². The first-order valence-corrected chi connectivity index (χ1v) is 9.96. The van der Waals surface area contributed by atoms with Gasteiger partial charge in [-0.1, -0.05) is 0 Å². The Hall–Kier alpha value is -3.12. The summed E-state index contributed by atoms with van der Waals surface area (Å²) in [4.78, 5) is 22.8. The van der Waals surface area contributed by atoms with Crippen LogP contribution >= 0.6 is 0 Å². The van der Waals surface area contributed by atoms with E-state index < -0.39 is 28.0 Å². The largest absolute Gasteiger partial charge is 0.573 e. The number of carbonyl (C=O) groups is 2. The zero-order valence-electron chi connectivity index (χ0n) is 15.6. The van der Waals surface area contributed by atoms with Crippen molar-refractivity contribution in [3.8, 4) is 5.75 Å². The number of hydrogen-bond acceptors (Lipinski definition) is 5. The Morgan fingerprint density at radius 3 is 2.10 bits per heavy atom. The highest BCUT2D eigenvalue weighted by Gasteiger charge is 2.31. The SMILES string of the molecule is CC(=O)Nc1ccc(C(=O)NCCNS(=O)(=O)c2ccc(OC(F)(F)F)cc2)cc1. The Morgan fingerprint density at radius 2 is 1.57 bits per heavy atom. The second kappa shape index (κ2) is 9.59. The monoisotopic (exact) mass is 445 g/mol. The molecular weight excluding hydrogens is 427 g/mol. The van der Waals surface area contributed by atoms with E-state index >= 15 is 0 Å². The summed E-state index contributed by atoms with van der Waals surface area (Å²) in [5.41, 5.74) is 0.839. The minimum absolute atomic E-state index is 0.0270. The van der Waals surface area contributed by atoms with Crippen molar-refractivity contribution in [3.05, 3.63) is 54.1 Å². The number of halogens is 3. The zero-order chi connectivity index (χ0) is 22.4. The molecule has 0 aliphatic heterocycles. The van der Waals surface area contributed by atoms with E-state index in [1.807, 2.05) is 0 Å². The number of hydrogen-bond donors (Lipinski definition) is 3. The third kappa shape index (κ3) is 7.37. The van der Waals surface area contributed by atoms with Crippen LogP contribution < -0.4 is 20.1 Å². The number of carbonyl (C=O) groups excluding carboxylic acids is 2. The van der Waals surface area contributed by atoms with E-state index in [1.54, 1.807) is 12.1 Å². The van der Waals surface area contributed by atoms with Crippen LogP contribution in [0.4, 0.5) is 18.9 Å². The molecule has 0 saturated heterocycles. The molecule has 3 N–H and O–H groups in total. The van der Waals surface area contributed by atoms with Gasteiger partial charge in [-0.25, -0.2) is 13.1 Å². The number of rotatable bonds is 8. The lowest BCUT2D eigenvalue weighted by molar-refractivity contribution is -0.274. The van der Waals surface area contributed by atoms with Gasteiger partial charge in [-0.05, 0) is 48.5 Å². The van der Waals surface area contributed by atoms with E-state index in [9.17, 15) is 31.2 Å². The molecule has 0 radical (unpaired) electrons. The molecule has 0 heterocycles. The number of ether oxygens (including phenoxy) is 1. The van der Waals surface area contributed by atoms with Gasteiger partial charge >= 0.3 is 6.36 Å². The van der Waals surface area contributed by atoms with Crippen molar-refractivity contribution in [2.75, 3.05) is 18.4 Å². The first-order chi connectivity index (χ1) is 14.0. The van der Waals surface area contributed by atoms with Crippen molar-refractivity contribution < 1.29 is 35.9 Å². The van der Waals surface area contributed by atoms with Crippen LogP contribution in [0.5, 0.6) is 5.75 Å². The summed E-state index contributed by atoms with van der Waals surface area (Å²) in [5, 5.41) is 5.08. The van der Waals surface area contributed by atoms with E-state index in [0.717, 1.165) is 24.3 Å². The Bertz CT molecular complexity index is 991. The van der Waals surface area contributed by atoms with Gasteiger partial charge in [0.15, 0.2) is 0 Å². The molecular formula is C18H18F3N3O5S. The molecule has 0 atom stereocenters. The van der Waals surface area contributed by atoms with Crippen molar-refractivity contribution >= 4 is 27.5 Å². The average Bonchev–Trinajstić information content (AvgIpc) is 2.64. The number of sulfonamides is 1. The first-order valence-electron chi connectivity index (χ1n) is 8.47. The quantitative estimate of drug-likeness (QED) is 0.540. The van der Waals surface area contributed by atoms with Crippen molar-refractivity contribution in [1.82, 2.24) is 10.0 Å². The molecule has 0 spiro atoms. The van der Waals surface area contributed by atoms with Crippen LogP contribution in [0, 0.1) is 0 Å². The van der Waals surface area contributed by atoms with E-state index in [4.69, 9.17) is 0 Å². The normalized spacial score (nSPS) is 11.6. The topological polar surface area (TPSA) is 114 Å². The predicted molar refractivity (Wildman–Crippen MR) is 101 cm³/mol. The summed E-state index contributed by atoms with van der Waals surface area (Å²) in [6.07, 6.45) is -4.87. The lowest BCUT2D eigenvalue weighted by atomic mass is 10.2. The molecule has 8 nitrogen and oxygen atoms in total. The van der Waals surface area contributed by atoms with Gasteiger partial charge in [0.1, 0.15) is 5.75 Å². The second-order valence-corrected chi connectivity index (χ2v) is 7.70. The van der Waals surface area contributed by atoms with E-state index in [-0.39, 0.29) is 23.9 Å². The van der Waals surface area contributed by atoms with Crippen LogP contribution in [-0.2, 0) is 14.8 Å². The van der Waals surface area contributed by atoms with Gasteiger partial charge in [0, 0.05) is 31.3 Å². The summed E-state index contributed by atoms with van der Waals surface area (Å²) in [5.74, 6) is -1.24. The molecule has 0 saturated carbocycles. The van der Waals surface area contributed by atoms with Gasteiger partial charge in [-0.3, -0.25) is 9.59 Å². The highest BCUT2D eigenvalue weighted by Crippen LogP contribution is 2.23. The van der Waals surface area contributed by atoms with E-state index in [2.05, 4.69) is 20.1 Å². The van der Waals surface area contributed by atoms with Crippen LogP contribution in [0.15, 0.2) is 53.4 Å². The molecule has 2 amide bonds. The fourth-order valence-electron chi connectivity index (χ4n) is 2.28. The third-order valence-corrected chi connectivity index (χ3v) is 5.01. The summed E-state index contributed by atoms with van der Waals surface area (Å²) >= 11 is 0. The molecule has 0 unspecified atom stereocenters. The number of alkyl halides is 3. The van der Waals surface area contributed by atoms with Gasteiger partial charge < -0.3 is 15.4 Å². The average molecular weight is 445 g/mol. The van der Waals surface area contributed by atoms with Crippen molar-refractivity contribution in [2.45, 2.75) is 18.2 Å². The van der Waals surface area contributed by atoms with Gasteiger partial charge in [0.2, 0.25) is 15.9 Å².